The molecule has 0 radical (unpaired) electrons. The first-order chi connectivity index (χ1) is 12.1. The van der Waals surface area contributed by atoms with Gasteiger partial charge in [-0.05, 0) is 36.2 Å². The number of carbonyl (C=O) groups is 2. The number of hydrogen-bond acceptors (Lipinski definition) is 4. The van der Waals surface area contributed by atoms with E-state index in [1.54, 1.807) is 0 Å². The first kappa shape index (κ1) is 18.4. The number of nitrogens with one attached hydrogen (secondary N) is 1. The summed E-state index contributed by atoms with van der Waals surface area (Å²) in [6.07, 6.45) is 2.61. The van der Waals surface area contributed by atoms with Gasteiger partial charge in [-0.15, -0.1) is 0 Å². The van der Waals surface area contributed by atoms with Gasteiger partial charge in [0.2, 0.25) is 0 Å². The summed E-state index contributed by atoms with van der Waals surface area (Å²) in [5.74, 6) is -0.525. The maximum Gasteiger partial charge on any atom is 0.261 e. The van der Waals surface area contributed by atoms with Crippen molar-refractivity contribution in [3.05, 3.63) is 33.2 Å². The summed E-state index contributed by atoms with van der Waals surface area (Å²) < 4.78 is 0. The smallest absolute Gasteiger partial charge is 0.261 e. The second-order valence-electron chi connectivity index (χ2n) is 8.97. The molecule has 3 rings (SSSR count). The lowest BCUT2D eigenvalue weighted by atomic mass is 9.75. The van der Waals surface area contributed by atoms with Gasteiger partial charge < -0.3 is 9.88 Å². The van der Waals surface area contributed by atoms with E-state index in [1.807, 2.05) is 27.7 Å². The van der Waals surface area contributed by atoms with Gasteiger partial charge in [-0.1, -0.05) is 27.7 Å². The summed E-state index contributed by atoms with van der Waals surface area (Å²) in [7, 11) is 0. The van der Waals surface area contributed by atoms with Gasteiger partial charge in [-0.25, -0.2) is 0 Å². The van der Waals surface area contributed by atoms with Crippen molar-refractivity contribution in [2.24, 2.45) is 10.8 Å². The van der Waals surface area contributed by atoms with Crippen LogP contribution in [0.4, 0.5) is 0 Å². The number of likely N-dealkylation sites (tertiary alicyclic amines) is 1. The number of hydrogen-bond donors (Lipinski definition) is 1. The van der Waals surface area contributed by atoms with Crippen LogP contribution in [0, 0.1) is 22.2 Å². The van der Waals surface area contributed by atoms with E-state index in [0.29, 0.717) is 30.6 Å². The van der Waals surface area contributed by atoms with Gasteiger partial charge in [0, 0.05) is 24.2 Å². The number of fused-ring (bicyclic) bond motifs is 1. The minimum absolute atomic E-state index is 0.0465. The fourth-order valence-corrected chi connectivity index (χ4v) is 4.20. The number of carbonyl (C=O) groups excluding carboxylic acids is 2. The molecular formula is C20H25N3O3. The molecular weight excluding hydrogens is 330 g/mol. The van der Waals surface area contributed by atoms with Gasteiger partial charge in [0.1, 0.15) is 11.6 Å². The number of H-pyrrole nitrogens is 1. The molecule has 0 unspecified atom stereocenters. The van der Waals surface area contributed by atoms with E-state index in [2.05, 4.69) is 11.1 Å². The zero-order chi connectivity index (χ0) is 19.3. The Labute approximate surface area is 153 Å². The molecule has 6 heteroatoms. The number of aromatic amines is 1. The highest BCUT2D eigenvalue weighted by Crippen LogP contribution is 2.36. The zero-order valence-electron chi connectivity index (χ0n) is 15.8. The fraction of sp³-hybridized carbons (Fsp3) is 0.600. The van der Waals surface area contributed by atoms with Crippen LogP contribution in [0.1, 0.15) is 73.4 Å². The predicted octanol–water partition coefficient (Wildman–Crippen LogP) is 2.68. The van der Waals surface area contributed by atoms with Crippen molar-refractivity contribution < 1.29 is 9.59 Å². The van der Waals surface area contributed by atoms with Crippen LogP contribution in [0.3, 0.4) is 0 Å². The number of amides is 1. The Balaban J connectivity index is 2.02. The van der Waals surface area contributed by atoms with Crippen molar-refractivity contribution in [1.82, 2.24) is 9.88 Å². The highest BCUT2D eigenvalue weighted by Gasteiger charge is 2.41. The number of nitrogens with zero attached hydrogens (tertiary/aromatic N) is 2. The van der Waals surface area contributed by atoms with Crippen molar-refractivity contribution in [3.63, 3.8) is 0 Å². The molecule has 1 fully saturated rings. The van der Waals surface area contributed by atoms with Gasteiger partial charge in [0.05, 0.1) is 6.07 Å². The highest BCUT2D eigenvalue weighted by atomic mass is 16.2. The normalized spacial score (nSPS) is 23.9. The summed E-state index contributed by atoms with van der Waals surface area (Å²) in [5.41, 5.74) is -0.0418. The standard InChI is InChI=1S/C20H25N3O3/c1-19(2)9-14-12(15(24)10-19)8-13(17(25)22-14)18(26)23-7-5-6-20(3,4)16(23)11-21/h8,16H,5-7,9-10H2,1-4H3,(H,22,25)/t16-/m0/s1. The molecule has 1 aliphatic carbocycles. The molecule has 0 saturated carbocycles. The first-order valence-electron chi connectivity index (χ1n) is 9.06. The lowest BCUT2D eigenvalue weighted by Gasteiger charge is -2.42. The van der Waals surface area contributed by atoms with Gasteiger partial charge >= 0.3 is 0 Å². The Morgan fingerprint density at radius 3 is 2.62 bits per heavy atom. The van der Waals surface area contributed by atoms with Crippen LogP contribution >= 0.6 is 0 Å². The Hall–Kier alpha value is -2.42. The maximum absolute atomic E-state index is 13.0. The number of aromatic nitrogens is 1. The van der Waals surface area contributed by atoms with Crippen LogP contribution in [0.2, 0.25) is 0 Å². The van der Waals surface area contributed by atoms with Crippen LogP contribution in [0.15, 0.2) is 10.9 Å². The van der Waals surface area contributed by atoms with Gasteiger partial charge in [0.15, 0.2) is 5.78 Å². The molecule has 1 N–H and O–H groups in total. The van der Waals surface area contributed by atoms with Crippen molar-refractivity contribution in [3.8, 4) is 6.07 Å². The molecule has 1 atom stereocenters. The van der Waals surface area contributed by atoms with Crippen molar-refractivity contribution in [1.29, 1.82) is 5.26 Å². The third-order valence-electron chi connectivity index (χ3n) is 5.60. The second-order valence-corrected chi connectivity index (χ2v) is 8.97. The van der Waals surface area contributed by atoms with Crippen LogP contribution < -0.4 is 5.56 Å². The van der Waals surface area contributed by atoms with Crippen molar-refractivity contribution in [2.75, 3.05) is 6.54 Å². The average molecular weight is 355 g/mol. The van der Waals surface area contributed by atoms with Crippen LogP contribution in [0.25, 0.3) is 0 Å². The Morgan fingerprint density at radius 1 is 1.27 bits per heavy atom. The molecule has 1 aliphatic heterocycles. The van der Waals surface area contributed by atoms with Crippen LogP contribution in [-0.2, 0) is 6.42 Å². The summed E-state index contributed by atoms with van der Waals surface area (Å²) in [4.78, 5) is 42.3. The van der Waals surface area contributed by atoms with E-state index in [-0.39, 0.29) is 22.2 Å². The summed E-state index contributed by atoms with van der Waals surface area (Å²) in [6, 6.07) is 3.07. The van der Waals surface area contributed by atoms with Gasteiger partial charge in [0.25, 0.3) is 11.5 Å². The van der Waals surface area contributed by atoms with E-state index in [4.69, 9.17) is 0 Å². The molecule has 0 bridgehead atoms. The third-order valence-corrected chi connectivity index (χ3v) is 5.60. The molecule has 2 aliphatic rings. The molecule has 1 aromatic heterocycles. The van der Waals surface area contributed by atoms with Crippen molar-refractivity contribution >= 4 is 11.7 Å². The molecule has 138 valence electrons. The third kappa shape index (κ3) is 3.07. The van der Waals surface area contributed by atoms with Crippen molar-refractivity contribution in [2.45, 2.75) is 59.4 Å². The average Bonchev–Trinajstić information content (AvgIpc) is 2.51. The topological polar surface area (TPSA) is 94.0 Å². The lowest BCUT2D eigenvalue weighted by molar-refractivity contribution is 0.0436. The molecule has 0 spiro atoms. The van der Waals surface area contributed by atoms with E-state index in [0.717, 1.165) is 12.8 Å². The SMILES string of the molecule is CC1(C)CC(=O)c2cc(C(=O)N3CCCC(C)(C)[C@@H]3C#N)c(=O)[nH]c2C1. The Kier molecular flexibility index (Phi) is 4.30. The maximum atomic E-state index is 13.0. The molecule has 1 amide bonds. The van der Waals surface area contributed by atoms with E-state index < -0.39 is 17.5 Å². The van der Waals surface area contributed by atoms with E-state index in [9.17, 15) is 19.6 Å². The van der Waals surface area contributed by atoms with Crippen LogP contribution in [-0.4, -0.2) is 34.2 Å². The Morgan fingerprint density at radius 2 is 1.96 bits per heavy atom. The lowest BCUT2D eigenvalue weighted by Crippen LogP contribution is -2.52. The fourth-order valence-electron chi connectivity index (χ4n) is 4.20. The molecule has 0 aromatic carbocycles. The quantitative estimate of drug-likeness (QED) is 0.838. The molecule has 1 aromatic rings. The number of ketones is 1. The number of piperidine rings is 1. The monoisotopic (exact) mass is 355 g/mol. The number of rotatable bonds is 1. The molecule has 26 heavy (non-hydrogen) atoms. The Bertz CT molecular complexity index is 873. The summed E-state index contributed by atoms with van der Waals surface area (Å²) in [5, 5.41) is 9.57. The second kappa shape index (κ2) is 6.08. The highest BCUT2D eigenvalue weighted by molar-refractivity contribution is 6.02. The number of Topliss-reactive ketones (excluding diaryl/α,β-unsaturated/α-hetero) is 1. The zero-order valence-corrected chi connectivity index (χ0v) is 15.8. The number of pyridine rings is 1. The van der Waals surface area contributed by atoms with E-state index >= 15 is 0 Å². The predicted molar refractivity (Wildman–Crippen MR) is 96.9 cm³/mol. The number of nitriles is 1. The van der Waals surface area contributed by atoms with Crippen LogP contribution in [0.5, 0.6) is 0 Å². The van der Waals surface area contributed by atoms with Gasteiger partial charge in [-0.2, -0.15) is 5.26 Å². The van der Waals surface area contributed by atoms with Gasteiger partial charge in [-0.3, -0.25) is 14.4 Å². The summed E-state index contributed by atoms with van der Waals surface area (Å²) in [6.45, 7) is 8.33. The largest absolute Gasteiger partial charge is 0.325 e. The van der Waals surface area contributed by atoms with E-state index in [1.165, 1.54) is 11.0 Å². The molecule has 1 saturated heterocycles. The minimum atomic E-state index is -0.589. The first-order valence-corrected chi connectivity index (χ1v) is 9.06. The minimum Gasteiger partial charge on any atom is -0.325 e. The summed E-state index contributed by atoms with van der Waals surface area (Å²) >= 11 is 0. The molecule has 2 heterocycles. The molecule has 6 nitrogen and oxygen atoms in total.